The van der Waals surface area contributed by atoms with Crippen LogP contribution < -0.4 is 9.47 Å². The second kappa shape index (κ2) is 5.81. The molecule has 2 aromatic rings. The second-order valence-electron chi connectivity index (χ2n) is 5.01. The van der Waals surface area contributed by atoms with E-state index in [4.69, 9.17) is 9.47 Å². The molecular formula is C15H14N2O3S2. The van der Waals surface area contributed by atoms with Crippen molar-refractivity contribution in [2.24, 2.45) is 0 Å². The van der Waals surface area contributed by atoms with Gasteiger partial charge in [0.05, 0.1) is 0 Å². The van der Waals surface area contributed by atoms with E-state index in [1.807, 2.05) is 40.2 Å². The molecule has 0 atom stereocenters. The third-order valence-electron chi connectivity index (χ3n) is 3.64. The first-order chi connectivity index (χ1) is 10.8. The summed E-state index contributed by atoms with van der Waals surface area (Å²) in [5.74, 6) is 3.52. The van der Waals surface area contributed by atoms with Crippen LogP contribution in [0.25, 0.3) is 10.6 Å². The number of benzene rings is 1. The van der Waals surface area contributed by atoms with Gasteiger partial charge in [0, 0.05) is 35.5 Å². The number of hydrogen-bond donors (Lipinski definition) is 0. The summed E-state index contributed by atoms with van der Waals surface area (Å²) in [6, 6.07) is 5.73. The molecular weight excluding hydrogens is 320 g/mol. The van der Waals surface area contributed by atoms with Crippen LogP contribution in [0.4, 0.5) is 0 Å². The fraction of sp³-hybridized carbons (Fsp3) is 0.333. The van der Waals surface area contributed by atoms with Gasteiger partial charge in [-0.25, -0.2) is 4.98 Å². The van der Waals surface area contributed by atoms with E-state index >= 15 is 0 Å². The minimum Gasteiger partial charge on any atom is -0.454 e. The van der Waals surface area contributed by atoms with Gasteiger partial charge in [-0.05, 0) is 18.2 Å². The highest BCUT2D eigenvalue weighted by molar-refractivity contribution is 7.99. The molecule has 22 heavy (non-hydrogen) atoms. The highest BCUT2D eigenvalue weighted by atomic mass is 32.2. The Kier molecular flexibility index (Phi) is 3.67. The molecule has 1 fully saturated rings. The van der Waals surface area contributed by atoms with Crippen LogP contribution in [0.3, 0.4) is 0 Å². The van der Waals surface area contributed by atoms with Crippen LogP contribution in [0.5, 0.6) is 11.5 Å². The fourth-order valence-electron chi connectivity index (χ4n) is 2.46. The molecule has 5 nitrogen and oxygen atoms in total. The number of thiazole rings is 1. The van der Waals surface area contributed by atoms with Crippen molar-refractivity contribution in [3.8, 4) is 22.1 Å². The van der Waals surface area contributed by atoms with E-state index in [2.05, 4.69) is 4.98 Å². The molecule has 2 aliphatic rings. The highest BCUT2D eigenvalue weighted by Crippen LogP contribution is 2.36. The van der Waals surface area contributed by atoms with Crippen LogP contribution in [0.15, 0.2) is 23.6 Å². The van der Waals surface area contributed by atoms with Gasteiger partial charge >= 0.3 is 0 Å². The number of carbonyl (C=O) groups excluding carboxylic acids is 1. The summed E-state index contributed by atoms with van der Waals surface area (Å²) in [6.07, 6.45) is 0. The van der Waals surface area contributed by atoms with Crippen LogP contribution in [0.2, 0.25) is 0 Å². The summed E-state index contributed by atoms with van der Waals surface area (Å²) in [5, 5.41) is 2.66. The number of aromatic nitrogens is 1. The number of carbonyl (C=O) groups is 1. The first-order valence-corrected chi connectivity index (χ1v) is 9.07. The Morgan fingerprint density at radius 1 is 1.18 bits per heavy atom. The zero-order valence-electron chi connectivity index (χ0n) is 11.8. The average molecular weight is 334 g/mol. The Morgan fingerprint density at radius 3 is 2.86 bits per heavy atom. The van der Waals surface area contributed by atoms with Crippen molar-refractivity contribution in [3.63, 3.8) is 0 Å². The van der Waals surface area contributed by atoms with E-state index in [0.717, 1.165) is 46.7 Å². The van der Waals surface area contributed by atoms with Crippen LogP contribution in [0.1, 0.15) is 10.5 Å². The minimum absolute atomic E-state index is 0.0311. The van der Waals surface area contributed by atoms with Crippen LogP contribution >= 0.6 is 23.1 Å². The lowest BCUT2D eigenvalue weighted by Gasteiger charge is -2.25. The first-order valence-electron chi connectivity index (χ1n) is 7.04. The molecule has 0 bridgehead atoms. The minimum atomic E-state index is 0.0311. The molecule has 7 heteroatoms. The summed E-state index contributed by atoms with van der Waals surface area (Å²) < 4.78 is 10.7. The topological polar surface area (TPSA) is 51.7 Å². The molecule has 1 aromatic heterocycles. The summed E-state index contributed by atoms with van der Waals surface area (Å²) in [7, 11) is 0. The van der Waals surface area contributed by atoms with Gasteiger partial charge in [0.25, 0.3) is 5.91 Å². The molecule has 0 unspecified atom stereocenters. The number of nitrogens with zero attached hydrogens (tertiary/aromatic N) is 2. The van der Waals surface area contributed by atoms with Gasteiger partial charge in [-0.3, -0.25) is 4.79 Å². The number of hydrogen-bond acceptors (Lipinski definition) is 6. The average Bonchev–Trinajstić information content (AvgIpc) is 3.23. The van der Waals surface area contributed by atoms with E-state index in [1.165, 1.54) is 11.3 Å². The lowest BCUT2D eigenvalue weighted by atomic mass is 10.2. The lowest BCUT2D eigenvalue weighted by Crippen LogP contribution is -2.38. The van der Waals surface area contributed by atoms with E-state index in [1.54, 1.807) is 0 Å². The molecule has 114 valence electrons. The Bertz CT molecular complexity index is 711. The summed E-state index contributed by atoms with van der Waals surface area (Å²) in [4.78, 5) is 18.8. The molecule has 2 aliphatic heterocycles. The van der Waals surface area contributed by atoms with Gasteiger partial charge in [-0.1, -0.05) is 0 Å². The van der Waals surface area contributed by atoms with E-state index < -0.39 is 0 Å². The van der Waals surface area contributed by atoms with Crippen molar-refractivity contribution < 1.29 is 14.3 Å². The highest BCUT2D eigenvalue weighted by Gasteiger charge is 2.21. The molecule has 0 saturated carbocycles. The molecule has 4 rings (SSSR count). The molecule has 1 saturated heterocycles. The van der Waals surface area contributed by atoms with Gasteiger partial charge in [0.2, 0.25) is 6.79 Å². The third-order valence-corrected chi connectivity index (χ3v) is 5.47. The standard InChI is InChI=1S/C15H14N2O3S2/c18-15(17-3-5-21-6-4-17)11-8-22-14(16-11)10-1-2-12-13(7-10)20-9-19-12/h1-2,7-8H,3-6,9H2. The molecule has 3 heterocycles. The quantitative estimate of drug-likeness (QED) is 0.845. The zero-order valence-corrected chi connectivity index (χ0v) is 13.4. The van der Waals surface area contributed by atoms with Crippen molar-refractivity contribution in [1.29, 1.82) is 0 Å². The van der Waals surface area contributed by atoms with Gasteiger partial charge < -0.3 is 14.4 Å². The number of fused-ring (bicyclic) bond motifs is 1. The Morgan fingerprint density at radius 2 is 2.00 bits per heavy atom. The summed E-state index contributed by atoms with van der Waals surface area (Å²) in [6.45, 7) is 1.87. The van der Waals surface area contributed by atoms with Crippen molar-refractivity contribution in [1.82, 2.24) is 9.88 Å². The Labute approximate surface area is 136 Å². The molecule has 0 aliphatic carbocycles. The maximum atomic E-state index is 12.4. The number of rotatable bonds is 2. The number of thioether (sulfide) groups is 1. The van der Waals surface area contributed by atoms with Gasteiger partial charge in [0.1, 0.15) is 10.7 Å². The van der Waals surface area contributed by atoms with Crippen molar-refractivity contribution >= 4 is 29.0 Å². The van der Waals surface area contributed by atoms with Crippen LogP contribution in [-0.4, -0.2) is 47.2 Å². The van der Waals surface area contributed by atoms with E-state index in [9.17, 15) is 4.79 Å². The Hall–Kier alpha value is -1.73. The normalized spacial score (nSPS) is 16.8. The summed E-state index contributed by atoms with van der Waals surface area (Å²) in [5.41, 5.74) is 1.48. The molecule has 0 N–H and O–H groups in total. The molecule has 0 spiro atoms. The SMILES string of the molecule is O=C(c1csc(-c2ccc3c(c2)OCO3)n1)N1CCSCC1. The number of amides is 1. The lowest BCUT2D eigenvalue weighted by molar-refractivity contribution is 0.0767. The monoisotopic (exact) mass is 334 g/mol. The third kappa shape index (κ3) is 2.55. The van der Waals surface area contributed by atoms with Gasteiger partial charge in [-0.2, -0.15) is 11.8 Å². The van der Waals surface area contributed by atoms with E-state index in [-0.39, 0.29) is 12.7 Å². The molecule has 1 aromatic carbocycles. The van der Waals surface area contributed by atoms with Crippen LogP contribution in [0, 0.1) is 0 Å². The Balaban J connectivity index is 1.57. The molecule has 1 amide bonds. The van der Waals surface area contributed by atoms with Crippen molar-refractivity contribution in [2.45, 2.75) is 0 Å². The zero-order chi connectivity index (χ0) is 14.9. The first kappa shape index (κ1) is 13.9. The fourth-order valence-corrected chi connectivity index (χ4v) is 4.16. The van der Waals surface area contributed by atoms with E-state index in [0.29, 0.717) is 5.69 Å². The van der Waals surface area contributed by atoms with Crippen molar-refractivity contribution in [2.75, 3.05) is 31.4 Å². The maximum absolute atomic E-state index is 12.4. The largest absolute Gasteiger partial charge is 0.454 e. The summed E-state index contributed by atoms with van der Waals surface area (Å²) >= 11 is 3.37. The second-order valence-corrected chi connectivity index (χ2v) is 7.09. The predicted molar refractivity (Wildman–Crippen MR) is 86.9 cm³/mol. The van der Waals surface area contributed by atoms with Gasteiger partial charge in [-0.15, -0.1) is 11.3 Å². The maximum Gasteiger partial charge on any atom is 0.273 e. The number of ether oxygens (including phenoxy) is 2. The van der Waals surface area contributed by atoms with Gasteiger partial charge in [0.15, 0.2) is 11.5 Å². The molecule has 0 radical (unpaired) electrons. The predicted octanol–water partition coefficient (Wildman–Crippen LogP) is 2.73. The van der Waals surface area contributed by atoms with Crippen LogP contribution in [-0.2, 0) is 0 Å². The smallest absolute Gasteiger partial charge is 0.273 e. The van der Waals surface area contributed by atoms with Crippen molar-refractivity contribution in [3.05, 3.63) is 29.3 Å².